The molecule has 41 heavy (non-hydrogen) atoms. The summed E-state index contributed by atoms with van der Waals surface area (Å²) in [7, 11) is 0. The molecule has 0 saturated carbocycles. The van der Waals surface area contributed by atoms with Gasteiger partial charge in [-0.25, -0.2) is 9.37 Å². The summed E-state index contributed by atoms with van der Waals surface area (Å²) in [4.78, 5) is 19.2. The molecule has 7 nitrogen and oxygen atoms in total. The lowest BCUT2D eigenvalue weighted by molar-refractivity contribution is 0.622. The molecule has 0 unspecified atom stereocenters. The third kappa shape index (κ3) is 5.53. The smallest absolute Gasteiger partial charge is 0.161 e. The first-order chi connectivity index (χ1) is 19.7. The summed E-state index contributed by atoms with van der Waals surface area (Å²) in [6, 6.07) is 5.89. The van der Waals surface area contributed by atoms with Crippen LogP contribution < -0.4 is 5.32 Å². The molecule has 208 valence electrons. The highest BCUT2D eigenvalue weighted by Crippen LogP contribution is 2.36. The Bertz CT molecular complexity index is 1870. The summed E-state index contributed by atoms with van der Waals surface area (Å²) < 4.78 is 16.2. The quantitative estimate of drug-likeness (QED) is 0.148. The fraction of sp³-hybridized carbons (Fsp3) is 0.188. The number of H-pyrrole nitrogens is 2. The number of nitrogens with zero attached hydrogens (tertiary/aromatic N) is 4. The Kier molecular flexibility index (Phi) is 7.81. The highest BCUT2D eigenvalue weighted by molar-refractivity contribution is 7.16. The van der Waals surface area contributed by atoms with Crippen LogP contribution in [0.15, 0.2) is 80.0 Å². The number of fused-ring (bicyclic) bond motifs is 2. The Hall–Kier alpha value is -4.63. The van der Waals surface area contributed by atoms with Gasteiger partial charge in [0.1, 0.15) is 22.6 Å². The van der Waals surface area contributed by atoms with Crippen LogP contribution in [0.2, 0.25) is 0 Å². The standard InChI is InChI=1S/C32H32FN7S/c1-8-20(15-21(9-2)36-19(7)14-17(3)4)28-27(33)26-23(16-35-28)39-40-31(26)32-37-22-12-13-34-30(29(22)38-32)25-11-10-24(41-25)18(5)6/h8-13,15-17,36H,2,5,7,14H2,1,3-4,6H3,(H,37,38)(H,39,40)/b20-8+,21-15+. The van der Waals surface area contributed by atoms with Gasteiger partial charge in [-0.15, -0.1) is 11.3 Å². The molecule has 0 aromatic carbocycles. The van der Waals surface area contributed by atoms with Crippen LogP contribution in [0.3, 0.4) is 0 Å². The topological polar surface area (TPSA) is 95.2 Å². The Morgan fingerprint density at radius 1 is 1.15 bits per heavy atom. The van der Waals surface area contributed by atoms with Gasteiger partial charge in [0.2, 0.25) is 0 Å². The van der Waals surface area contributed by atoms with E-state index < -0.39 is 5.82 Å². The van der Waals surface area contributed by atoms with E-state index in [0.29, 0.717) is 45.1 Å². The second kappa shape index (κ2) is 11.5. The molecule has 0 aliphatic heterocycles. The van der Waals surface area contributed by atoms with E-state index in [1.165, 1.54) is 0 Å². The first-order valence-corrected chi connectivity index (χ1v) is 14.1. The van der Waals surface area contributed by atoms with Gasteiger partial charge in [-0.3, -0.25) is 15.1 Å². The molecule has 3 N–H and O–H groups in total. The fourth-order valence-corrected chi connectivity index (χ4v) is 5.55. The Balaban J connectivity index is 1.56. The van der Waals surface area contributed by atoms with Gasteiger partial charge in [0, 0.05) is 28.0 Å². The Labute approximate surface area is 242 Å². The van der Waals surface area contributed by atoms with Crippen LogP contribution in [0.5, 0.6) is 0 Å². The zero-order chi connectivity index (χ0) is 29.3. The average molecular weight is 566 g/mol. The van der Waals surface area contributed by atoms with E-state index in [4.69, 9.17) is 4.98 Å². The lowest BCUT2D eigenvalue weighted by Gasteiger charge is -2.13. The highest BCUT2D eigenvalue weighted by atomic mass is 32.1. The summed E-state index contributed by atoms with van der Waals surface area (Å²) in [6.45, 7) is 20.1. The van der Waals surface area contributed by atoms with Gasteiger partial charge in [0.15, 0.2) is 11.6 Å². The molecule has 9 heteroatoms. The molecule has 5 heterocycles. The van der Waals surface area contributed by atoms with Gasteiger partial charge in [-0.05, 0) is 62.1 Å². The molecule has 0 aliphatic rings. The van der Waals surface area contributed by atoms with E-state index in [-0.39, 0.29) is 5.69 Å². The van der Waals surface area contributed by atoms with Crippen molar-refractivity contribution in [3.63, 3.8) is 0 Å². The van der Waals surface area contributed by atoms with Crippen LogP contribution in [0.25, 0.3) is 55.2 Å². The molecule has 0 radical (unpaired) electrons. The summed E-state index contributed by atoms with van der Waals surface area (Å²) in [5, 5.41) is 10.9. The lowest BCUT2D eigenvalue weighted by atomic mass is 10.1. The van der Waals surface area contributed by atoms with Crippen molar-refractivity contribution in [2.75, 3.05) is 0 Å². The van der Waals surface area contributed by atoms with E-state index in [9.17, 15) is 0 Å². The summed E-state index contributed by atoms with van der Waals surface area (Å²) in [5.74, 6) is 0.389. The maximum Gasteiger partial charge on any atom is 0.161 e. The first-order valence-electron chi connectivity index (χ1n) is 13.3. The van der Waals surface area contributed by atoms with E-state index >= 15 is 4.39 Å². The molecule has 0 amide bonds. The van der Waals surface area contributed by atoms with Crippen LogP contribution >= 0.6 is 11.3 Å². The van der Waals surface area contributed by atoms with E-state index in [0.717, 1.165) is 38.7 Å². The van der Waals surface area contributed by atoms with Crippen LogP contribution in [-0.4, -0.2) is 30.1 Å². The third-order valence-corrected chi connectivity index (χ3v) is 7.77. The molecule has 5 aromatic heterocycles. The molecule has 0 atom stereocenters. The normalized spacial score (nSPS) is 12.4. The molecule has 0 aliphatic carbocycles. The number of halogens is 1. The first kappa shape index (κ1) is 27.9. The second-order valence-corrected chi connectivity index (χ2v) is 11.3. The summed E-state index contributed by atoms with van der Waals surface area (Å²) in [5.41, 5.74) is 6.39. The Morgan fingerprint density at radius 3 is 2.63 bits per heavy atom. The number of aromatic amines is 2. The van der Waals surface area contributed by atoms with Crippen molar-refractivity contribution in [2.24, 2.45) is 5.92 Å². The van der Waals surface area contributed by atoms with Crippen molar-refractivity contribution >= 4 is 44.4 Å². The minimum Gasteiger partial charge on any atom is -0.359 e. The maximum absolute atomic E-state index is 16.2. The predicted octanol–water partition coefficient (Wildman–Crippen LogP) is 8.42. The molecule has 0 fully saturated rings. The van der Waals surface area contributed by atoms with Crippen molar-refractivity contribution in [1.82, 2.24) is 35.5 Å². The van der Waals surface area contributed by atoms with Crippen molar-refractivity contribution in [2.45, 2.75) is 34.1 Å². The molecular formula is C32H32FN7S. The van der Waals surface area contributed by atoms with Gasteiger partial charge in [0.05, 0.1) is 27.5 Å². The van der Waals surface area contributed by atoms with Gasteiger partial charge < -0.3 is 10.3 Å². The number of rotatable bonds is 10. The van der Waals surface area contributed by atoms with Gasteiger partial charge >= 0.3 is 0 Å². The van der Waals surface area contributed by atoms with Crippen LogP contribution in [0.4, 0.5) is 4.39 Å². The summed E-state index contributed by atoms with van der Waals surface area (Å²) in [6.07, 6.45) is 9.43. The zero-order valence-corrected chi connectivity index (χ0v) is 24.4. The molecule has 0 bridgehead atoms. The molecular weight excluding hydrogens is 533 g/mol. The van der Waals surface area contributed by atoms with E-state index in [1.54, 1.807) is 29.8 Å². The number of hydrogen-bond acceptors (Lipinski definition) is 6. The number of thiophene rings is 1. The average Bonchev–Trinajstić information content (AvgIpc) is 3.69. The molecule has 5 aromatic rings. The molecule has 0 saturated heterocycles. The number of allylic oxidation sites excluding steroid dienone is 6. The van der Waals surface area contributed by atoms with E-state index in [1.807, 2.05) is 44.2 Å². The van der Waals surface area contributed by atoms with Gasteiger partial charge in [0.25, 0.3) is 0 Å². The minimum absolute atomic E-state index is 0.197. The van der Waals surface area contributed by atoms with Gasteiger partial charge in [-0.2, -0.15) is 5.10 Å². The number of hydrogen-bond donors (Lipinski definition) is 3. The van der Waals surface area contributed by atoms with E-state index in [2.05, 4.69) is 64.1 Å². The maximum atomic E-state index is 16.2. The number of pyridine rings is 2. The number of aromatic nitrogens is 6. The number of imidazole rings is 1. The van der Waals surface area contributed by atoms with Crippen molar-refractivity contribution in [3.05, 3.63) is 96.3 Å². The largest absolute Gasteiger partial charge is 0.359 e. The van der Waals surface area contributed by atoms with Crippen molar-refractivity contribution < 1.29 is 4.39 Å². The SMILES string of the molecule is C=C/C(=C\C(=C/C)c1ncc2[nH]nc(-c3nc4c(-c5ccc(C(=C)C)s5)nccc4[nH]3)c2c1F)NC(=C)CC(C)C. The highest BCUT2D eigenvalue weighted by Gasteiger charge is 2.22. The predicted molar refractivity (Wildman–Crippen MR) is 168 cm³/mol. The molecule has 5 rings (SSSR count). The minimum atomic E-state index is -0.497. The van der Waals surface area contributed by atoms with Crippen LogP contribution in [-0.2, 0) is 0 Å². The van der Waals surface area contributed by atoms with Crippen LogP contribution in [0, 0.1) is 11.7 Å². The van der Waals surface area contributed by atoms with Crippen molar-refractivity contribution in [1.29, 1.82) is 0 Å². The summed E-state index contributed by atoms with van der Waals surface area (Å²) >= 11 is 1.61. The van der Waals surface area contributed by atoms with Gasteiger partial charge in [-0.1, -0.05) is 39.7 Å². The third-order valence-electron chi connectivity index (χ3n) is 6.52. The number of nitrogens with one attached hydrogen (secondary N) is 3. The van der Waals surface area contributed by atoms with Crippen LogP contribution in [0.1, 0.15) is 44.7 Å². The monoisotopic (exact) mass is 565 g/mol. The molecule has 0 spiro atoms. The lowest BCUT2D eigenvalue weighted by Crippen LogP contribution is -2.12. The fourth-order valence-electron chi connectivity index (χ4n) is 4.62. The van der Waals surface area contributed by atoms with Crippen molar-refractivity contribution in [3.8, 4) is 22.1 Å². The Morgan fingerprint density at radius 2 is 1.95 bits per heavy atom. The zero-order valence-electron chi connectivity index (χ0n) is 23.6. The second-order valence-electron chi connectivity index (χ2n) is 10.2.